The number of hydrogen-bond acceptors (Lipinski definition) is 6. The van der Waals surface area contributed by atoms with Crippen LogP contribution in [0.2, 0.25) is 0 Å². The molecule has 2 aromatic rings. The van der Waals surface area contributed by atoms with Crippen molar-refractivity contribution >= 4 is 33.5 Å². The lowest BCUT2D eigenvalue weighted by Gasteiger charge is -2.08. The van der Waals surface area contributed by atoms with Gasteiger partial charge in [0.25, 0.3) is 0 Å². The summed E-state index contributed by atoms with van der Waals surface area (Å²) in [5, 5.41) is 4.67. The molecule has 2 rings (SSSR count). The summed E-state index contributed by atoms with van der Waals surface area (Å²) >= 11 is 4.94. The molecule has 7 heteroatoms. The zero-order valence-electron chi connectivity index (χ0n) is 10.9. The van der Waals surface area contributed by atoms with E-state index in [0.717, 1.165) is 33.2 Å². The largest absolute Gasteiger partial charge is 0.369 e. The molecule has 0 atom stereocenters. The van der Waals surface area contributed by atoms with E-state index in [9.17, 15) is 0 Å². The van der Waals surface area contributed by atoms with Crippen LogP contribution in [0, 0.1) is 13.8 Å². The summed E-state index contributed by atoms with van der Waals surface area (Å²) in [5.74, 6) is 0.782. The summed E-state index contributed by atoms with van der Waals surface area (Å²) in [6.07, 6.45) is 1.54. The Morgan fingerprint density at radius 1 is 1.21 bits per heavy atom. The molecule has 0 fully saturated rings. The normalized spacial score (nSPS) is 10.5. The Labute approximate surface area is 124 Å². The molecule has 1 N–H and O–H groups in total. The van der Waals surface area contributed by atoms with Gasteiger partial charge in [-0.25, -0.2) is 19.9 Å². The molecule has 0 radical (unpaired) electrons. The van der Waals surface area contributed by atoms with Gasteiger partial charge in [-0.1, -0.05) is 0 Å². The van der Waals surface area contributed by atoms with E-state index < -0.39 is 0 Å². The lowest BCUT2D eigenvalue weighted by Crippen LogP contribution is -2.02. The molecule has 0 aliphatic heterocycles. The van der Waals surface area contributed by atoms with Crippen molar-refractivity contribution in [3.8, 4) is 0 Å². The Balaban J connectivity index is 2.30. The Kier molecular flexibility index (Phi) is 4.71. The van der Waals surface area contributed by atoms with Crippen LogP contribution in [0.5, 0.6) is 0 Å². The van der Waals surface area contributed by atoms with Gasteiger partial charge in [0.2, 0.25) is 0 Å². The van der Waals surface area contributed by atoms with Gasteiger partial charge in [-0.3, -0.25) is 0 Å². The minimum atomic E-state index is 0.694. The van der Waals surface area contributed by atoms with E-state index in [0.29, 0.717) is 5.16 Å². The molecule has 5 nitrogen and oxygen atoms in total. The Morgan fingerprint density at radius 2 is 1.89 bits per heavy atom. The number of rotatable bonds is 4. The second-order valence-electron chi connectivity index (χ2n) is 3.91. The van der Waals surface area contributed by atoms with Crippen molar-refractivity contribution in [2.45, 2.75) is 31.0 Å². The highest BCUT2D eigenvalue weighted by molar-refractivity contribution is 9.10. The van der Waals surface area contributed by atoms with Crippen LogP contribution in [-0.2, 0) is 0 Å². The molecular formula is C12H14BrN5S. The maximum atomic E-state index is 4.40. The molecule has 0 amide bonds. The molecule has 0 bridgehead atoms. The highest BCUT2D eigenvalue weighted by Crippen LogP contribution is 2.33. The van der Waals surface area contributed by atoms with Gasteiger partial charge in [0.15, 0.2) is 5.16 Å². The Hall–Kier alpha value is -1.21. The number of aryl methyl sites for hydroxylation is 2. The van der Waals surface area contributed by atoms with Crippen LogP contribution < -0.4 is 5.32 Å². The first-order chi connectivity index (χ1) is 9.10. The van der Waals surface area contributed by atoms with Gasteiger partial charge in [-0.05, 0) is 54.5 Å². The zero-order valence-corrected chi connectivity index (χ0v) is 13.3. The fraction of sp³-hybridized carbons (Fsp3) is 0.333. The fourth-order valence-corrected chi connectivity index (χ4v) is 2.97. The maximum Gasteiger partial charge on any atom is 0.194 e. The molecule has 0 unspecified atom stereocenters. The van der Waals surface area contributed by atoms with Crippen LogP contribution in [0.4, 0.5) is 5.82 Å². The Bertz CT molecular complexity index is 570. The lowest BCUT2D eigenvalue weighted by molar-refractivity contribution is 0.896. The minimum absolute atomic E-state index is 0.694. The summed E-state index contributed by atoms with van der Waals surface area (Å²) in [7, 11) is 0. The highest BCUT2D eigenvalue weighted by atomic mass is 79.9. The van der Waals surface area contributed by atoms with Crippen LogP contribution in [0.25, 0.3) is 0 Å². The van der Waals surface area contributed by atoms with Gasteiger partial charge in [-0.15, -0.1) is 0 Å². The van der Waals surface area contributed by atoms with Crippen LogP contribution in [-0.4, -0.2) is 26.5 Å². The van der Waals surface area contributed by atoms with E-state index in [2.05, 4.69) is 41.2 Å². The van der Waals surface area contributed by atoms with Crippen molar-refractivity contribution in [1.29, 1.82) is 0 Å². The van der Waals surface area contributed by atoms with Crippen molar-refractivity contribution in [1.82, 2.24) is 19.9 Å². The highest BCUT2D eigenvalue weighted by Gasteiger charge is 2.11. The van der Waals surface area contributed by atoms with E-state index in [-0.39, 0.29) is 0 Å². The summed E-state index contributed by atoms with van der Waals surface area (Å²) in [6, 6.07) is 1.95. The molecule has 0 saturated carbocycles. The number of aromatic nitrogens is 4. The molecule has 2 heterocycles. The number of halogens is 1. The average molecular weight is 340 g/mol. The smallest absolute Gasteiger partial charge is 0.194 e. The third-order valence-corrected chi connectivity index (χ3v) is 4.13. The summed E-state index contributed by atoms with van der Waals surface area (Å²) in [5.41, 5.74) is 1.90. The molecule has 0 saturated heterocycles. The molecule has 0 aromatic carbocycles. The molecule has 19 heavy (non-hydrogen) atoms. The average Bonchev–Trinajstić information content (AvgIpc) is 2.33. The van der Waals surface area contributed by atoms with E-state index >= 15 is 0 Å². The van der Waals surface area contributed by atoms with Gasteiger partial charge in [0.05, 0.1) is 4.47 Å². The minimum Gasteiger partial charge on any atom is -0.369 e. The second-order valence-corrected chi connectivity index (χ2v) is 5.66. The van der Waals surface area contributed by atoms with E-state index in [4.69, 9.17) is 0 Å². The van der Waals surface area contributed by atoms with Crippen molar-refractivity contribution in [2.24, 2.45) is 0 Å². The van der Waals surface area contributed by atoms with Crippen LogP contribution in [0.1, 0.15) is 18.3 Å². The summed E-state index contributed by atoms with van der Waals surface area (Å²) < 4.78 is 0.838. The van der Waals surface area contributed by atoms with Crippen LogP contribution in [0.3, 0.4) is 0 Å². The fourth-order valence-electron chi connectivity index (χ4n) is 1.54. The third kappa shape index (κ3) is 3.63. The molecule has 100 valence electrons. The predicted molar refractivity (Wildman–Crippen MR) is 79.5 cm³/mol. The van der Waals surface area contributed by atoms with Gasteiger partial charge in [0, 0.05) is 17.9 Å². The van der Waals surface area contributed by atoms with E-state index in [1.807, 2.05) is 26.8 Å². The molecule has 0 spiro atoms. The van der Waals surface area contributed by atoms with Crippen molar-refractivity contribution in [2.75, 3.05) is 11.9 Å². The molecular weight excluding hydrogens is 326 g/mol. The first-order valence-electron chi connectivity index (χ1n) is 5.84. The van der Waals surface area contributed by atoms with Crippen molar-refractivity contribution < 1.29 is 0 Å². The first kappa shape index (κ1) is 14.2. The van der Waals surface area contributed by atoms with Crippen molar-refractivity contribution in [3.63, 3.8) is 0 Å². The first-order valence-corrected chi connectivity index (χ1v) is 7.45. The molecule has 2 aromatic heterocycles. The maximum absolute atomic E-state index is 4.40. The number of nitrogens with zero attached hydrogens (tertiary/aromatic N) is 4. The zero-order chi connectivity index (χ0) is 13.8. The summed E-state index contributed by atoms with van der Waals surface area (Å²) in [4.78, 5) is 17.2. The Morgan fingerprint density at radius 3 is 2.53 bits per heavy atom. The lowest BCUT2D eigenvalue weighted by atomic mass is 10.4. The third-order valence-electron chi connectivity index (χ3n) is 2.25. The topological polar surface area (TPSA) is 63.6 Å². The number of hydrogen-bond donors (Lipinski definition) is 1. The van der Waals surface area contributed by atoms with Gasteiger partial charge < -0.3 is 5.32 Å². The molecule has 0 aliphatic rings. The van der Waals surface area contributed by atoms with Gasteiger partial charge >= 0.3 is 0 Å². The standard InChI is InChI=1S/C12H14BrN5S/c1-4-14-10-9(13)11(16-6-15-10)19-12-17-7(2)5-8(3)18-12/h5-6H,4H2,1-3H3,(H,14,15,16). The van der Waals surface area contributed by atoms with Gasteiger partial charge in [-0.2, -0.15) is 0 Å². The second kappa shape index (κ2) is 6.29. The summed E-state index contributed by atoms with van der Waals surface area (Å²) in [6.45, 7) is 6.74. The van der Waals surface area contributed by atoms with E-state index in [1.165, 1.54) is 18.1 Å². The monoisotopic (exact) mass is 339 g/mol. The predicted octanol–water partition coefficient (Wildman–Crippen LogP) is 3.23. The molecule has 0 aliphatic carbocycles. The SMILES string of the molecule is CCNc1ncnc(Sc2nc(C)cc(C)n2)c1Br. The van der Waals surface area contributed by atoms with Crippen LogP contribution >= 0.6 is 27.7 Å². The quantitative estimate of drug-likeness (QED) is 0.681. The van der Waals surface area contributed by atoms with E-state index in [1.54, 1.807) is 0 Å². The number of nitrogens with one attached hydrogen (secondary N) is 1. The van der Waals surface area contributed by atoms with Gasteiger partial charge in [0.1, 0.15) is 17.2 Å². The van der Waals surface area contributed by atoms with Crippen LogP contribution in [0.15, 0.2) is 27.0 Å². The number of anilines is 1. The van der Waals surface area contributed by atoms with Crippen molar-refractivity contribution in [3.05, 3.63) is 28.3 Å².